The first-order valence-electron chi connectivity index (χ1n) is 4.49. The van der Waals surface area contributed by atoms with Crippen LogP contribution in [0.25, 0.3) is 0 Å². The monoisotopic (exact) mass is 196 g/mol. The predicted octanol–water partition coefficient (Wildman–Crippen LogP) is 1.69. The summed E-state index contributed by atoms with van der Waals surface area (Å²) >= 11 is 1.44. The van der Waals surface area contributed by atoms with E-state index in [1.807, 2.05) is 17.2 Å². The van der Waals surface area contributed by atoms with Crippen molar-refractivity contribution < 1.29 is 4.79 Å². The SMILES string of the molecule is Cc1csc(C(=O)N2CCCC2)n1. The van der Waals surface area contributed by atoms with Gasteiger partial charge in [0.1, 0.15) is 0 Å². The molecule has 0 spiro atoms. The molecule has 1 saturated heterocycles. The number of carbonyl (C=O) groups is 1. The van der Waals surface area contributed by atoms with Crippen molar-refractivity contribution in [1.29, 1.82) is 0 Å². The number of carbonyl (C=O) groups excluding carboxylic acids is 1. The Morgan fingerprint density at radius 2 is 2.23 bits per heavy atom. The van der Waals surface area contributed by atoms with E-state index in [9.17, 15) is 4.79 Å². The number of amides is 1. The molecule has 0 saturated carbocycles. The van der Waals surface area contributed by atoms with E-state index in [0.717, 1.165) is 31.6 Å². The van der Waals surface area contributed by atoms with Crippen LogP contribution in [0.2, 0.25) is 0 Å². The molecule has 0 radical (unpaired) electrons. The lowest BCUT2D eigenvalue weighted by molar-refractivity contribution is 0.0792. The second kappa shape index (κ2) is 3.46. The minimum atomic E-state index is 0.107. The van der Waals surface area contributed by atoms with Gasteiger partial charge in [0.15, 0.2) is 5.01 Å². The van der Waals surface area contributed by atoms with Gasteiger partial charge < -0.3 is 4.90 Å². The number of thiazole rings is 1. The van der Waals surface area contributed by atoms with E-state index in [1.165, 1.54) is 11.3 Å². The van der Waals surface area contributed by atoms with Crippen LogP contribution in [0.5, 0.6) is 0 Å². The van der Waals surface area contributed by atoms with Gasteiger partial charge in [0.05, 0.1) is 0 Å². The average Bonchev–Trinajstić information content (AvgIpc) is 2.72. The Hall–Kier alpha value is -0.900. The Bertz CT molecular complexity index is 315. The first-order chi connectivity index (χ1) is 6.27. The summed E-state index contributed by atoms with van der Waals surface area (Å²) in [4.78, 5) is 17.8. The topological polar surface area (TPSA) is 33.2 Å². The Morgan fingerprint density at radius 3 is 2.77 bits per heavy atom. The zero-order chi connectivity index (χ0) is 9.26. The molecule has 1 aromatic rings. The Labute approximate surface area is 81.4 Å². The van der Waals surface area contributed by atoms with E-state index < -0.39 is 0 Å². The van der Waals surface area contributed by atoms with Crippen LogP contribution < -0.4 is 0 Å². The molecule has 0 aromatic carbocycles. The second-order valence-corrected chi connectivity index (χ2v) is 4.15. The number of hydrogen-bond acceptors (Lipinski definition) is 3. The molecule has 1 fully saturated rings. The van der Waals surface area contributed by atoms with Crippen LogP contribution in [0, 0.1) is 6.92 Å². The van der Waals surface area contributed by atoms with E-state index in [4.69, 9.17) is 0 Å². The quantitative estimate of drug-likeness (QED) is 0.684. The van der Waals surface area contributed by atoms with Gasteiger partial charge in [-0.1, -0.05) is 0 Å². The molecule has 1 aliphatic heterocycles. The molecule has 70 valence electrons. The summed E-state index contributed by atoms with van der Waals surface area (Å²) in [6.45, 7) is 3.71. The van der Waals surface area contributed by atoms with E-state index in [2.05, 4.69) is 4.98 Å². The molecule has 0 unspecified atom stereocenters. The summed E-state index contributed by atoms with van der Waals surface area (Å²) in [5, 5.41) is 2.56. The molecule has 1 amide bonds. The van der Waals surface area contributed by atoms with Crippen molar-refractivity contribution in [1.82, 2.24) is 9.88 Å². The molecule has 1 aromatic heterocycles. The molecule has 4 heteroatoms. The van der Waals surface area contributed by atoms with Crippen LogP contribution in [0.1, 0.15) is 28.3 Å². The zero-order valence-corrected chi connectivity index (χ0v) is 8.43. The summed E-state index contributed by atoms with van der Waals surface area (Å²) in [5.74, 6) is 0.107. The average molecular weight is 196 g/mol. The largest absolute Gasteiger partial charge is 0.337 e. The number of rotatable bonds is 1. The third kappa shape index (κ3) is 1.72. The third-order valence-electron chi connectivity index (χ3n) is 2.20. The molecule has 2 rings (SSSR count). The summed E-state index contributed by atoms with van der Waals surface area (Å²) < 4.78 is 0. The van der Waals surface area contributed by atoms with Crippen molar-refractivity contribution >= 4 is 17.2 Å². The van der Waals surface area contributed by atoms with Gasteiger partial charge in [0, 0.05) is 24.2 Å². The molecule has 0 aliphatic carbocycles. The highest BCUT2D eigenvalue weighted by Crippen LogP contribution is 2.15. The zero-order valence-electron chi connectivity index (χ0n) is 7.62. The number of likely N-dealkylation sites (tertiary alicyclic amines) is 1. The normalized spacial score (nSPS) is 16.5. The number of aromatic nitrogens is 1. The maximum atomic E-state index is 11.7. The molecule has 13 heavy (non-hydrogen) atoms. The summed E-state index contributed by atoms with van der Waals surface area (Å²) in [6, 6.07) is 0. The minimum absolute atomic E-state index is 0.107. The third-order valence-corrected chi connectivity index (χ3v) is 3.14. The summed E-state index contributed by atoms with van der Waals surface area (Å²) in [7, 11) is 0. The lowest BCUT2D eigenvalue weighted by atomic mass is 10.4. The van der Waals surface area contributed by atoms with Crippen molar-refractivity contribution in [3.63, 3.8) is 0 Å². The molecule has 3 nitrogen and oxygen atoms in total. The lowest BCUT2D eigenvalue weighted by Crippen LogP contribution is -2.27. The van der Waals surface area contributed by atoms with Crippen molar-refractivity contribution in [2.45, 2.75) is 19.8 Å². The van der Waals surface area contributed by atoms with Crippen LogP contribution in [0.15, 0.2) is 5.38 Å². The van der Waals surface area contributed by atoms with Crippen LogP contribution in [-0.2, 0) is 0 Å². The van der Waals surface area contributed by atoms with Crippen molar-refractivity contribution in [2.75, 3.05) is 13.1 Å². The van der Waals surface area contributed by atoms with Gasteiger partial charge in [-0.3, -0.25) is 4.79 Å². The molecule has 0 N–H and O–H groups in total. The molecule has 0 bridgehead atoms. The Kier molecular flexibility index (Phi) is 2.31. The van der Waals surface area contributed by atoms with Crippen molar-refractivity contribution in [2.24, 2.45) is 0 Å². The Morgan fingerprint density at radius 1 is 1.54 bits per heavy atom. The highest BCUT2D eigenvalue weighted by molar-refractivity contribution is 7.11. The second-order valence-electron chi connectivity index (χ2n) is 3.29. The molecule has 2 heterocycles. The first kappa shape index (κ1) is 8.69. The van der Waals surface area contributed by atoms with E-state index in [1.54, 1.807) is 0 Å². The van der Waals surface area contributed by atoms with E-state index in [-0.39, 0.29) is 5.91 Å². The fourth-order valence-corrected chi connectivity index (χ4v) is 2.27. The van der Waals surface area contributed by atoms with Gasteiger partial charge in [-0.05, 0) is 19.8 Å². The first-order valence-corrected chi connectivity index (χ1v) is 5.37. The van der Waals surface area contributed by atoms with E-state index >= 15 is 0 Å². The van der Waals surface area contributed by atoms with Gasteiger partial charge in [-0.25, -0.2) is 4.98 Å². The van der Waals surface area contributed by atoms with Crippen LogP contribution in [0.3, 0.4) is 0 Å². The highest BCUT2D eigenvalue weighted by Gasteiger charge is 2.21. The predicted molar refractivity (Wildman–Crippen MR) is 52.0 cm³/mol. The summed E-state index contributed by atoms with van der Waals surface area (Å²) in [6.07, 6.45) is 2.27. The maximum Gasteiger partial charge on any atom is 0.282 e. The molecular weight excluding hydrogens is 184 g/mol. The smallest absolute Gasteiger partial charge is 0.282 e. The van der Waals surface area contributed by atoms with Gasteiger partial charge in [0.2, 0.25) is 0 Å². The number of nitrogens with zero attached hydrogens (tertiary/aromatic N) is 2. The van der Waals surface area contributed by atoms with Crippen molar-refractivity contribution in [3.8, 4) is 0 Å². The van der Waals surface area contributed by atoms with Crippen molar-refractivity contribution in [3.05, 3.63) is 16.1 Å². The van der Waals surface area contributed by atoms with Crippen LogP contribution >= 0.6 is 11.3 Å². The number of aryl methyl sites for hydroxylation is 1. The molecular formula is C9H12N2OS. The minimum Gasteiger partial charge on any atom is -0.337 e. The van der Waals surface area contributed by atoms with Crippen LogP contribution in [0.4, 0.5) is 0 Å². The lowest BCUT2D eigenvalue weighted by Gasteiger charge is -2.12. The summed E-state index contributed by atoms with van der Waals surface area (Å²) in [5.41, 5.74) is 0.938. The van der Waals surface area contributed by atoms with Crippen LogP contribution in [-0.4, -0.2) is 28.9 Å². The maximum absolute atomic E-state index is 11.7. The van der Waals surface area contributed by atoms with E-state index in [0.29, 0.717) is 5.01 Å². The van der Waals surface area contributed by atoms with Gasteiger partial charge in [-0.15, -0.1) is 11.3 Å². The highest BCUT2D eigenvalue weighted by atomic mass is 32.1. The Balaban J connectivity index is 2.12. The fourth-order valence-electron chi connectivity index (χ4n) is 1.51. The van der Waals surface area contributed by atoms with Gasteiger partial charge in [0.25, 0.3) is 5.91 Å². The fraction of sp³-hybridized carbons (Fsp3) is 0.556. The standard InChI is InChI=1S/C9H12N2OS/c1-7-6-13-8(10-7)9(12)11-4-2-3-5-11/h6H,2-5H2,1H3. The number of hydrogen-bond donors (Lipinski definition) is 0. The van der Waals surface area contributed by atoms with Gasteiger partial charge >= 0.3 is 0 Å². The molecule has 0 atom stereocenters. The van der Waals surface area contributed by atoms with Gasteiger partial charge in [-0.2, -0.15) is 0 Å². The molecule has 1 aliphatic rings.